The van der Waals surface area contributed by atoms with Gasteiger partial charge in [-0.15, -0.1) is 23.7 Å². The molecule has 0 atom stereocenters. The molecule has 0 heterocycles. The highest BCUT2D eigenvalue weighted by Gasteiger charge is 2.01. The summed E-state index contributed by atoms with van der Waals surface area (Å²) in [6.07, 6.45) is 19.2. The Balaban J connectivity index is -0.000000257. The lowest BCUT2D eigenvalue weighted by molar-refractivity contribution is 0.504. The summed E-state index contributed by atoms with van der Waals surface area (Å²) in [4.78, 5) is 0. The molecule has 0 aromatic heterocycles. The second-order valence-electron chi connectivity index (χ2n) is 11.4. The average Bonchev–Trinajstić information content (AvgIpc) is 2.90. The van der Waals surface area contributed by atoms with Crippen molar-refractivity contribution in [1.82, 2.24) is 0 Å². The van der Waals surface area contributed by atoms with E-state index in [9.17, 15) is 0 Å². The van der Waals surface area contributed by atoms with Gasteiger partial charge in [-0.3, -0.25) is 0 Å². The Morgan fingerprint density at radius 3 is 0.596 bits per heavy atom. The third-order valence-corrected chi connectivity index (χ3v) is 7.18. The van der Waals surface area contributed by atoms with Crippen molar-refractivity contribution >= 4 is 0 Å². The lowest BCUT2D eigenvalue weighted by Gasteiger charge is -2.05. The summed E-state index contributed by atoms with van der Waals surface area (Å²) < 4.78 is 0. The van der Waals surface area contributed by atoms with Crippen LogP contribution in [0.1, 0.15) is 198 Å². The van der Waals surface area contributed by atoms with Crippen molar-refractivity contribution in [2.45, 2.75) is 181 Å². The molecule has 0 unspecified atom stereocenters. The molecule has 0 aliphatic heterocycles. The quantitative estimate of drug-likeness (QED) is 0.252. The minimum atomic E-state index is 0. The summed E-state index contributed by atoms with van der Waals surface area (Å²) in [5, 5.41) is 0. The second-order valence-corrected chi connectivity index (χ2v) is 11.4. The highest BCUT2D eigenvalue weighted by molar-refractivity contribution is 5.52. The average molecular weight is 639 g/mol. The SMILES string of the molecule is C.C.C1CCC1.C1CCC1.C1CCC1.CC.CC#Cc1cc(C)c(C#CC)cc1C.CC#Cc1cc(C)c(C#CC)cc1C.CCC. The standard InChI is InChI=1S/2C14H14.3C4H8.C3H8.C2H6.2CH4/c2*1-5-7-13-9-12(4)14(8-6-2)10-11(13)3;3*1-2-4-3-1;1-3-2;1-2;;/h2*9-10H,1-4H3;3*1-4H2;3H2,1-2H3;1-2H3;2*1H4. The topological polar surface area (TPSA) is 0 Å². The molecule has 0 heteroatoms. The van der Waals surface area contributed by atoms with Crippen molar-refractivity contribution < 1.29 is 0 Å². The number of hydrogen-bond donors (Lipinski definition) is 0. The molecule has 3 saturated carbocycles. The van der Waals surface area contributed by atoms with E-state index in [-0.39, 0.29) is 14.9 Å². The molecule has 2 aromatic rings. The van der Waals surface area contributed by atoms with Crippen molar-refractivity contribution in [2.24, 2.45) is 0 Å². The van der Waals surface area contributed by atoms with E-state index >= 15 is 0 Å². The summed E-state index contributed by atoms with van der Waals surface area (Å²) in [7, 11) is 0. The number of rotatable bonds is 0. The number of benzene rings is 2. The largest absolute Gasteiger partial charge is 0.101 e. The zero-order chi connectivity index (χ0) is 34.3. The smallest absolute Gasteiger partial charge is 0.0277 e. The van der Waals surface area contributed by atoms with Gasteiger partial charge in [0.05, 0.1) is 0 Å². The van der Waals surface area contributed by atoms with Gasteiger partial charge >= 0.3 is 0 Å². The lowest BCUT2D eigenvalue weighted by Crippen LogP contribution is -1.89. The fourth-order valence-corrected chi connectivity index (χ4v) is 3.46. The van der Waals surface area contributed by atoms with Crippen LogP contribution < -0.4 is 0 Å². The fourth-order valence-electron chi connectivity index (χ4n) is 3.46. The van der Waals surface area contributed by atoms with E-state index in [2.05, 4.69) is 113 Å². The zero-order valence-corrected chi connectivity index (χ0v) is 31.5. The van der Waals surface area contributed by atoms with E-state index in [1.54, 1.807) is 0 Å². The van der Waals surface area contributed by atoms with Gasteiger partial charge in [0.15, 0.2) is 0 Å². The van der Waals surface area contributed by atoms with Crippen molar-refractivity contribution in [1.29, 1.82) is 0 Å². The van der Waals surface area contributed by atoms with Crippen LogP contribution in [0.4, 0.5) is 0 Å². The first-order valence-electron chi connectivity index (χ1n) is 17.7. The molecule has 3 fully saturated rings. The summed E-state index contributed by atoms with van der Waals surface area (Å²) in [6, 6.07) is 8.41. The van der Waals surface area contributed by atoms with Gasteiger partial charge in [-0.1, -0.05) is 150 Å². The lowest BCUT2D eigenvalue weighted by atomic mass is 10.0. The van der Waals surface area contributed by atoms with Gasteiger partial charge in [-0.25, -0.2) is 0 Å². The minimum absolute atomic E-state index is 0. The van der Waals surface area contributed by atoms with Crippen LogP contribution in [0.2, 0.25) is 0 Å². The molecule has 0 radical (unpaired) electrons. The van der Waals surface area contributed by atoms with Crippen LogP contribution in [0.5, 0.6) is 0 Å². The predicted molar refractivity (Wildman–Crippen MR) is 218 cm³/mol. The van der Waals surface area contributed by atoms with Crippen LogP contribution >= 0.6 is 0 Å². The maximum absolute atomic E-state index is 3.09. The van der Waals surface area contributed by atoms with Crippen molar-refractivity contribution in [2.75, 3.05) is 0 Å². The van der Waals surface area contributed by atoms with Gasteiger partial charge in [0.25, 0.3) is 0 Å². The third-order valence-electron chi connectivity index (χ3n) is 7.18. The molecule has 3 aliphatic carbocycles. The molecule has 0 amide bonds. The Morgan fingerprint density at radius 2 is 0.511 bits per heavy atom. The Kier molecular flexibility index (Phi) is 38.2. The van der Waals surface area contributed by atoms with Crippen LogP contribution in [-0.4, -0.2) is 0 Å². The van der Waals surface area contributed by atoms with Crippen LogP contribution in [0, 0.1) is 75.1 Å². The first kappa shape index (κ1) is 50.5. The fraction of sp³-hybridized carbons (Fsp3) is 0.574. The molecule has 262 valence electrons. The Morgan fingerprint density at radius 1 is 0.383 bits per heavy atom. The van der Waals surface area contributed by atoms with Gasteiger partial charge in [-0.05, 0) is 102 Å². The molecule has 2 aromatic carbocycles. The molecule has 3 aliphatic rings. The van der Waals surface area contributed by atoms with Crippen molar-refractivity contribution in [3.8, 4) is 47.4 Å². The Labute approximate surface area is 296 Å². The van der Waals surface area contributed by atoms with Crippen LogP contribution in [0.3, 0.4) is 0 Å². The summed E-state index contributed by atoms with van der Waals surface area (Å²) in [5.74, 6) is 24.0. The van der Waals surface area contributed by atoms with Gasteiger partial charge in [0.1, 0.15) is 0 Å². The van der Waals surface area contributed by atoms with Crippen molar-refractivity contribution in [3.63, 3.8) is 0 Å². The van der Waals surface area contributed by atoms with Crippen LogP contribution in [-0.2, 0) is 0 Å². The minimum Gasteiger partial charge on any atom is -0.101 e. The van der Waals surface area contributed by atoms with E-state index in [1.807, 2.05) is 41.5 Å². The van der Waals surface area contributed by atoms with Crippen molar-refractivity contribution in [3.05, 3.63) is 68.8 Å². The molecule has 5 rings (SSSR count). The molecule has 0 nitrogen and oxygen atoms in total. The van der Waals surface area contributed by atoms with E-state index in [4.69, 9.17) is 0 Å². The molecular formula is C47H74. The van der Waals surface area contributed by atoms with E-state index in [1.165, 1.54) is 106 Å². The van der Waals surface area contributed by atoms with Gasteiger partial charge < -0.3 is 0 Å². The Hall–Kier alpha value is -3.32. The van der Waals surface area contributed by atoms with Crippen LogP contribution in [0.15, 0.2) is 24.3 Å². The second kappa shape index (κ2) is 35.5. The van der Waals surface area contributed by atoms with E-state index < -0.39 is 0 Å². The number of aryl methyl sites for hydroxylation is 4. The predicted octanol–water partition coefficient (Wildman–Crippen LogP) is 14.5. The monoisotopic (exact) mass is 639 g/mol. The van der Waals surface area contributed by atoms with E-state index in [0.717, 1.165) is 22.3 Å². The molecule has 0 N–H and O–H groups in total. The first-order chi connectivity index (χ1) is 21.8. The van der Waals surface area contributed by atoms with E-state index in [0.29, 0.717) is 0 Å². The van der Waals surface area contributed by atoms with Gasteiger partial charge in [0, 0.05) is 22.3 Å². The Bertz CT molecular complexity index is 1080. The first-order valence-corrected chi connectivity index (χ1v) is 17.7. The molecule has 47 heavy (non-hydrogen) atoms. The maximum atomic E-state index is 3.09. The van der Waals surface area contributed by atoms with Gasteiger partial charge in [-0.2, -0.15) is 0 Å². The highest BCUT2D eigenvalue weighted by atomic mass is 14.0. The maximum Gasteiger partial charge on any atom is 0.0277 e. The van der Waals surface area contributed by atoms with Gasteiger partial charge in [0.2, 0.25) is 0 Å². The zero-order valence-electron chi connectivity index (χ0n) is 31.5. The molecule has 0 spiro atoms. The third kappa shape index (κ3) is 25.5. The molecule has 0 bridgehead atoms. The summed E-state index contributed by atoms with van der Waals surface area (Å²) in [5.41, 5.74) is 9.20. The highest BCUT2D eigenvalue weighted by Crippen LogP contribution is 2.17. The summed E-state index contributed by atoms with van der Waals surface area (Å²) in [6.45, 7) is 24.0. The normalized spacial score (nSPS) is 11.6. The molecule has 0 saturated heterocycles. The number of hydrogen-bond acceptors (Lipinski definition) is 0. The molecular weight excluding hydrogens is 565 g/mol. The summed E-state index contributed by atoms with van der Waals surface area (Å²) >= 11 is 0. The van der Waals surface area contributed by atoms with Crippen LogP contribution in [0.25, 0.3) is 0 Å².